The number of benzene rings is 3. The van der Waals surface area contributed by atoms with Crippen LogP contribution in [0.1, 0.15) is 44.2 Å². The highest BCUT2D eigenvalue weighted by molar-refractivity contribution is 6.31. The molecule has 3 aromatic carbocycles. The van der Waals surface area contributed by atoms with Crippen molar-refractivity contribution in [1.29, 1.82) is 5.26 Å². The summed E-state index contributed by atoms with van der Waals surface area (Å²) in [6.07, 6.45) is -0.372. The lowest BCUT2D eigenvalue weighted by molar-refractivity contribution is 0.0851. The van der Waals surface area contributed by atoms with Gasteiger partial charge in [-0.3, -0.25) is 15.7 Å². The molecule has 2 heterocycles. The number of carbonyl (C=O) groups is 1. The molecule has 1 fully saturated rings. The lowest BCUT2D eigenvalue weighted by atomic mass is 9.63. The molecule has 1 saturated heterocycles. The summed E-state index contributed by atoms with van der Waals surface area (Å²) in [5.74, 6) is -2.17. The molecule has 8 nitrogen and oxygen atoms in total. The maximum Gasteiger partial charge on any atom is 0.413 e. The second-order valence-corrected chi connectivity index (χ2v) is 12.4. The molecule has 4 aromatic rings. The number of rotatable bonds is 6. The first-order valence-corrected chi connectivity index (χ1v) is 14.2. The van der Waals surface area contributed by atoms with E-state index in [0.717, 1.165) is 11.6 Å². The maximum atomic E-state index is 15.7. The van der Waals surface area contributed by atoms with Crippen molar-refractivity contribution in [2.24, 2.45) is 5.41 Å². The molecule has 43 heavy (non-hydrogen) atoms. The second kappa shape index (κ2) is 11.9. The highest BCUT2D eigenvalue weighted by Gasteiger charge is 2.61. The quantitative estimate of drug-likeness (QED) is 0.204. The van der Waals surface area contributed by atoms with Crippen LogP contribution in [0, 0.1) is 28.4 Å². The standard InChI is InChI=1S/C31H28Cl2F2N6O2/c1-30(2,3)14-24-31(15-36,21-12-9-18(32)13-23(21)34)25(20-5-4-6-22(33)26(20)35)28(40-24)43-29(42)39-19-10-7-17(8-11-19)27-37-16-38-41-27/h4-13,16,24-25,28,40H,14H2,1-3H3,(H,39,42)(H,37,38,41)/t24-,25-,28+,31-/m0/s1. The van der Waals surface area contributed by atoms with Crippen molar-refractivity contribution >= 4 is 35.0 Å². The average Bonchev–Trinajstić information content (AvgIpc) is 3.57. The Balaban J connectivity index is 1.56. The zero-order valence-corrected chi connectivity index (χ0v) is 25.0. The Hall–Kier alpha value is -4.04. The molecular weight excluding hydrogens is 597 g/mol. The summed E-state index contributed by atoms with van der Waals surface area (Å²) in [6, 6.07) is 16.7. The van der Waals surface area contributed by atoms with Crippen molar-refractivity contribution in [3.8, 4) is 17.5 Å². The fraction of sp³-hybridized carbons (Fsp3) is 0.290. The van der Waals surface area contributed by atoms with E-state index in [1.165, 1.54) is 36.7 Å². The van der Waals surface area contributed by atoms with Gasteiger partial charge in [0.15, 0.2) is 12.1 Å². The van der Waals surface area contributed by atoms with Crippen LogP contribution >= 0.6 is 23.2 Å². The van der Waals surface area contributed by atoms with Gasteiger partial charge in [-0.15, -0.1) is 0 Å². The van der Waals surface area contributed by atoms with Crippen molar-refractivity contribution in [2.75, 3.05) is 5.32 Å². The van der Waals surface area contributed by atoms with Crippen molar-refractivity contribution in [1.82, 2.24) is 20.5 Å². The minimum atomic E-state index is -1.73. The average molecular weight is 626 g/mol. The molecule has 0 saturated carbocycles. The van der Waals surface area contributed by atoms with Gasteiger partial charge in [-0.1, -0.05) is 62.2 Å². The van der Waals surface area contributed by atoms with Gasteiger partial charge in [0, 0.05) is 27.9 Å². The monoisotopic (exact) mass is 624 g/mol. The number of amides is 1. The number of carbonyl (C=O) groups excluding carboxylic acids is 1. The highest BCUT2D eigenvalue weighted by atomic mass is 35.5. The van der Waals surface area contributed by atoms with Gasteiger partial charge in [-0.2, -0.15) is 10.4 Å². The minimum Gasteiger partial charge on any atom is -0.429 e. The lowest BCUT2D eigenvalue weighted by Crippen LogP contribution is -2.44. The molecule has 222 valence electrons. The summed E-state index contributed by atoms with van der Waals surface area (Å²) >= 11 is 12.2. The molecule has 4 atom stereocenters. The van der Waals surface area contributed by atoms with E-state index in [2.05, 4.69) is 31.9 Å². The number of anilines is 1. The van der Waals surface area contributed by atoms with Crippen LogP contribution < -0.4 is 10.6 Å². The van der Waals surface area contributed by atoms with Crippen molar-refractivity contribution < 1.29 is 18.3 Å². The Bertz CT molecular complexity index is 1670. The summed E-state index contributed by atoms with van der Waals surface area (Å²) in [4.78, 5) is 17.4. The predicted octanol–water partition coefficient (Wildman–Crippen LogP) is 7.58. The molecule has 1 amide bonds. The lowest BCUT2D eigenvalue weighted by Gasteiger charge is -2.37. The summed E-state index contributed by atoms with van der Waals surface area (Å²) in [6.45, 7) is 5.90. The van der Waals surface area contributed by atoms with Crippen LogP contribution in [0.2, 0.25) is 10.0 Å². The van der Waals surface area contributed by atoms with E-state index in [1.807, 2.05) is 20.8 Å². The van der Waals surface area contributed by atoms with Gasteiger partial charge < -0.3 is 4.74 Å². The Labute approximate surface area is 257 Å². The number of aromatic nitrogens is 3. The van der Waals surface area contributed by atoms with Crippen molar-refractivity contribution in [3.63, 3.8) is 0 Å². The molecular formula is C31H28Cl2F2N6O2. The topological polar surface area (TPSA) is 116 Å². The third-order valence-corrected chi connectivity index (χ3v) is 7.98. The molecule has 1 aliphatic rings. The van der Waals surface area contributed by atoms with Crippen molar-refractivity contribution in [2.45, 2.75) is 50.8 Å². The molecule has 3 N–H and O–H groups in total. The fourth-order valence-corrected chi connectivity index (χ4v) is 6.03. The molecule has 0 aliphatic carbocycles. The van der Waals surface area contributed by atoms with E-state index in [4.69, 9.17) is 27.9 Å². The van der Waals surface area contributed by atoms with Gasteiger partial charge >= 0.3 is 6.09 Å². The van der Waals surface area contributed by atoms with Gasteiger partial charge in [0.2, 0.25) is 0 Å². The number of nitrogens with zero attached hydrogens (tertiary/aromatic N) is 3. The zero-order valence-electron chi connectivity index (χ0n) is 23.5. The molecule has 0 spiro atoms. The number of halogens is 4. The highest BCUT2D eigenvalue weighted by Crippen LogP contribution is 2.53. The molecule has 0 radical (unpaired) electrons. The normalized spacial score (nSPS) is 21.8. The third-order valence-electron chi connectivity index (χ3n) is 7.46. The van der Waals surface area contributed by atoms with Gasteiger partial charge in [-0.25, -0.2) is 18.6 Å². The number of H-pyrrole nitrogens is 1. The van der Waals surface area contributed by atoms with E-state index < -0.39 is 41.3 Å². The van der Waals surface area contributed by atoms with E-state index >= 15 is 8.78 Å². The Morgan fingerprint density at radius 2 is 1.88 bits per heavy atom. The van der Waals surface area contributed by atoms with Crippen LogP contribution in [0.25, 0.3) is 11.4 Å². The molecule has 0 bridgehead atoms. The van der Waals surface area contributed by atoms with Gasteiger partial charge in [0.05, 0.1) is 17.0 Å². The number of hydrogen-bond acceptors (Lipinski definition) is 6. The number of nitriles is 1. The zero-order chi connectivity index (χ0) is 30.9. The van der Waals surface area contributed by atoms with Gasteiger partial charge in [0.1, 0.15) is 23.4 Å². The first-order valence-electron chi connectivity index (χ1n) is 13.4. The molecule has 1 aliphatic heterocycles. The van der Waals surface area contributed by atoms with Crippen LogP contribution in [0.3, 0.4) is 0 Å². The van der Waals surface area contributed by atoms with Crippen LogP contribution in [-0.2, 0) is 10.2 Å². The van der Waals surface area contributed by atoms with Crippen LogP contribution in [0.5, 0.6) is 0 Å². The van der Waals surface area contributed by atoms with Crippen LogP contribution in [0.4, 0.5) is 19.3 Å². The molecule has 12 heteroatoms. The third kappa shape index (κ3) is 6.07. The Kier molecular flexibility index (Phi) is 8.43. The van der Waals surface area contributed by atoms with Crippen molar-refractivity contribution in [3.05, 3.63) is 99.8 Å². The molecule has 1 aromatic heterocycles. The summed E-state index contributed by atoms with van der Waals surface area (Å²) < 4.78 is 37.3. The second-order valence-electron chi connectivity index (χ2n) is 11.6. The van der Waals surface area contributed by atoms with E-state index in [9.17, 15) is 10.1 Å². The smallest absolute Gasteiger partial charge is 0.413 e. The molecule has 5 rings (SSSR count). The number of ether oxygens (including phenoxy) is 1. The van der Waals surface area contributed by atoms with Crippen LogP contribution in [-0.4, -0.2) is 33.5 Å². The number of aromatic amines is 1. The maximum absolute atomic E-state index is 15.7. The summed E-state index contributed by atoms with van der Waals surface area (Å²) in [7, 11) is 0. The Morgan fingerprint density at radius 3 is 2.51 bits per heavy atom. The van der Waals surface area contributed by atoms with Gasteiger partial charge in [-0.05, 0) is 59.9 Å². The molecule has 0 unspecified atom stereocenters. The van der Waals surface area contributed by atoms with Gasteiger partial charge in [0.25, 0.3) is 0 Å². The number of nitrogens with one attached hydrogen (secondary N) is 3. The number of hydrogen-bond donors (Lipinski definition) is 3. The van der Waals surface area contributed by atoms with Crippen LogP contribution in [0.15, 0.2) is 67.0 Å². The van der Waals surface area contributed by atoms with E-state index in [0.29, 0.717) is 17.9 Å². The SMILES string of the molecule is CC(C)(C)C[C@@H]1N[C@H](OC(=O)Nc2ccc(-c3ncn[nH]3)cc2)[C@H](c2cccc(Cl)c2F)[C@@]1(C#N)c1ccc(Cl)cc1F. The Morgan fingerprint density at radius 1 is 1.14 bits per heavy atom. The summed E-state index contributed by atoms with van der Waals surface area (Å²) in [5, 5.41) is 23.3. The predicted molar refractivity (Wildman–Crippen MR) is 160 cm³/mol. The minimum absolute atomic E-state index is 0.0000356. The fourth-order valence-electron chi connectivity index (χ4n) is 5.69. The first kappa shape index (κ1) is 30.4. The largest absolute Gasteiger partial charge is 0.429 e. The van der Waals surface area contributed by atoms with E-state index in [-0.39, 0.29) is 26.6 Å². The van der Waals surface area contributed by atoms with E-state index in [1.54, 1.807) is 24.3 Å². The first-order chi connectivity index (χ1) is 20.4. The summed E-state index contributed by atoms with van der Waals surface area (Å²) in [5.41, 5.74) is -0.918.